The molecule has 0 aromatic heterocycles. The molecular formula is C21H35NO2. The summed E-state index contributed by atoms with van der Waals surface area (Å²) in [6.45, 7) is 0.752. The Hall–Kier alpha value is -0.570. The van der Waals surface area contributed by atoms with Gasteiger partial charge in [-0.3, -0.25) is 4.79 Å². The van der Waals surface area contributed by atoms with Crippen molar-refractivity contribution in [1.82, 2.24) is 5.32 Å². The van der Waals surface area contributed by atoms with Gasteiger partial charge in [-0.25, -0.2) is 0 Å². The van der Waals surface area contributed by atoms with Crippen LogP contribution in [0.4, 0.5) is 0 Å². The van der Waals surface area contributed by atoms with E-state index >= 15 is 0 Å². The van der Waals surface area contributed by atoms with Gasteiger partial charge in [0.05, 0.1) is 5.60 Å². The molecule has 5 fully saturated rings. The fraction of sp³-hybridized carbons (Fsp3) is 0.952. The van der Waals surface area contributed by atoms with E-state index in [9.17, 15) is 4.79 Å². The van der Waals surface area contributed by atoms with Crippen LogP contribution in [-0.4, -0.2) is 25.2 Å². The fourth-order valence-electron chi connectivity index (χ4n) is 6.81. The number of carbonyl (C=O) groups excluding carboxylic acids is 1. The molecule has 5 aliphatic carbocycles. The molecule has 5 saturated carbocycles. The Morgan fingerprint density at radius 2 is 1.62 bits per heavy atom. The van der Waals surface area contributed by atoms with Crippen LogP contribution < -0.4 is 5.32 Å². The summed E-state index contributed by atoms with van der Waals surface area (Å²) in [6.07, 6.45) is 15.4. The average Bonchev–Trinajstić information content (AvgIpc) is 2.60. The van der Waals surface area contributed by atoms with E-state index < -0.39 is 0 Å². The molecular weight excluding hydrogens is 298 g/mol. The van der Waals surface area contributed by atoms with E-state index in [0.717, 1.165) is 30.7 Å². The molecule has 5 rings (SSSR count). The monoisotopic (exact) mass is 333 g/mol. The molecule has 0 spiro atoms. The van der Waals surface area contributed by atoms with Gasteiger partial charge in [-0.2, -0.15) is 0 Å². The molecule has 1 amide bonds. The summed E-state index contributed by atoms with van der Waals surface area (Å²) >= 11 is 0. The standard InChI is InChI=1S/C21H35NO2/c1-24-21(18-10-16-9-17(12-18)13-19(21)11-16)14-22-20(23)8-7-15-5-3-2-4-6-15/h15-19H,2-14H2,1H3,(H,22,23). The summed E-state index contributed by atoms with van der Waals surface area (Å²) in [5, 5.41) is 3.28. The zero-order valence-electron chi connectivity index (χ0n) is 15.4. The lowest BCUT2D eigenvalue weighted by Crippen LogP contribution is -2.63. The van der Waals surface area contributed by atoms with Crippen LogP contribution in [0.2, 0.25) is 0 Å². The zero-order valence-corrected chi connectivity index (χ0v) is 15.4. The molecule has 0 aromatic carbocycles. The van der Waals surface area contributed by atoms with E-state index in [4.69, 9.17) is 4.74 Å². The van der Waals surface area contributed by atoms with Crippen molar-refractivity contribution in [3.63, 3.8) is 0 Å². The molecule has 0 radical (unpaired) electrons. The van der Waals surface area contributed by atoms with Gasteiger partial charge in [-0.05, 0) is 68.1 Å². The van der Waals surface area contributed by atoms with Crippen molar-refractivity contribution in [2.45, 2.75) is 82.7 Å². The number of hydrogen-bond acceptors (Lipinski definition) is 2. The van der Waals surface area contributed by atoms with E-state index in [0.29, 0.717) is 18.3 Å². The maximum Gasteiger partial charge on any atom is 0.220 e. The quantitative estimate of drug-likeness (QED) is 0.787. The highest BCUT2D eigenvalue weighted by Crippen LogP contribution is 2.59. The fourth-order valence-corrected chi connectivity index (χ4v) is 6.81. The second kappa shape index (κ2) is 6.97. The Balaban J connectivity index is 1.29. The van der Waals surface area contributed by atoms with Crippen LogP contribution in [0, 0.1) is 29.6 Å². The van der Waals surface area contributed by atoms with Crippen molar-refractivity contribution >= 4 is 5.91 Å². The van der Waals surface area contributed by atoms with E-state index in [1.165, 1.54) is 64.2 Å². The molecule has 0 unspecified atom stereocenters. The molecule has 0 atom stereocenters. The number of carbonyl (C=O) groups is 1. The predicted octanol–water partition coefficient (Wildman–Crippen LogP) is 4.30. The lowest BCUT2D eigenvalue weighted by molar-refractivity contribution is -0.188. The summed E-state index contributed by atoms with van der Waals surface area (Å²) in [7, 11) is 1.89. The maximum absolute atomic E-state index is 12.4. The minimum atomic E-state index is -0.0616. The number of rotatable bonds is 6. The highest BCUT2D eigenvalue weighted by molar-refractivity contribution is 5.75. The van der Waals surface area contributed by atoms with Crippen LogP contribution in [0.15, 0.2) is 0 Å². The lowest BCUT2D eigenvalue weighted by Gasteiger charge is -2.60. The second-order valence-corrected chi connectivity index (χ2v) is 9.28. The topological polar surface area (TPSA) is 38.3 Å². The third-order valence-corrected chi connectivity index (χ3v) is 7.97. The van der Waals surface area contributed by atoms with Gasteiger partial charge < -0.3 is 10.1 Å². The normalized spacial score (nSPS) is 41.5. The first-order valence-electron chi connectivity index (χ1n) is 10.5. The van der Waals surface area contributed by atoms with Crippen molar-refractivity contribution in [3.05, 3.63) is 0 Å². The molecule has 1 N–H and O–H groups in total. The highest BCUT2D eigenvalue weighted by atomic mass is 16.5. The molecule has 3 nitrogen and oxygen atoms in total. The van der Waals surface area contributed by atoms with Crippen LogP contribution in [-0.2, 0) is 9.53 Å². The summed E-state index contributed by atoms with van der Waals surface area (Å²) in [6, 6.07) is 0. The van der Waals surface area contributed by atoms with Crippen molar-refractivity contribution in [2.75, 3.05) is 13.7 Å². The molecule has 5 aliphatic rings. The van der Waals surface area contributed by atoms with E-state index in [2.05, 4.69) is 5.32 Å². The molecule has 136 valence electrons. The molecule has 0 aromatic rings. The van der Waals surface area contributed by atoms with Crippen LogP contribution in [0.25, 0.3) is 0 Å². The van der Waals surface area contributed by atoms with Crippen molar-refractivity contribution in [1.29, 1.82) is 0 Å². The predicted molar refractivity (Wildman–Crippen MR) is 95.6 cm³/mol. The van der Waals surface area contributed by atoms with Gasteiger partial charge in [-0.1, -0.05) is 32.1 Å². The zero-order chi connectivity index (χ0) is 16.6. The average molecular weight is 334 g/mol. The van der Waals surface area contributed by atoms with Gasteiger partial charge >= 0.3 is 0 Å². The van der Waals surface area contributed by atoms with Crippen LogP contribution in [0.3, 0.4) is 0 Å². The molecule has 4 bridgehead atoms. The summed E-state index contributed by atoms with van der Waals surface area (Å²) in [4.78, 5) is 12.4. The number of amides is 1. The Labute approximate surface area is 147 Å². The van der Waals surface area contributed by atoms with Gasteiger partial charge in [0.15, 0.2) is 0 Å². The lowest BCUT2D eigenvalue weighted by atomic mass is 9.49. The Morgan fingerprint density at radius 3 is 2.21 bits per heavy atom. The third kappa shape index (κ3) is 3.13. The van der Waals surface area contributed by atoms with Gasteiger partial charge in [0.2, 0.25) is 5.91 Å². The SMILES string of the molecule is COC1(CNC(=O)CCC2CCCCC2)C2CC3CC(C2)CC1C3. The first kappa shape index (κ1) is 16.9. The van der Waals surface area contributed by atoms with Crippen molar-refractivity contribution in [3.8, 4) is 0 Å². The Morgan fingerprint density at radius 1 is 1.00 bits per heavy atom. The smallest absolute Gasteiger partial charge is 0.220 e. The number of hydrogen-bond donors (Lipinski definition) is 1. The summed E-state index contributed by atoms with van der Waals surface area (Å²) in [5.74, 6) is 4.29. The minimum Gasteiger partial charge on any atom is -0.376 e. The minimum absolute atomic E-state index is 0.0616. The molecule has 0 heterocycles. The van der Waals surface area contributed by atoms with Crippen molar-refractivity contribution < 1.29 is 9.53 Å². The van der Waals surface area contributed by atoms with Gasteiger partial charge in [0.25, 0.3) is 0 Å². The van der Waals surface area contributed by atoms with Crippen molar-refractivity contribution in [2.24, 2.45) is 29.6 Å². The van der Waals surface area contributed by atoms with Gasteiger partial charge in [-0.15, -0.1) is 0 Å². The number of methoxy groups -OCH3 is 1. The van der Waals surface area contributed by atoms with Gasteiger partial charge in [0.1, 0.15) is 0 Å². The van der Waals surface area contributed by atoms with Crippen LogP contribution >= 0.6 is 0 Å². The van der Waals surface area contributed by atoms with Gasteiger partial charge in [0, 0.05) is 20.1 Å². The van der Waals surface area contributed by atoms with E-state index in [-0.39, 0.29) is 11.5 Å². The molecule has 0 saturated heterocycles. The summed E-state index contributed by atoms with van der Waals surface area (Å²) in [5.41, 5.74) is -0.0616. The number of ether oxygens (including phenoxy) is 1. The Bertz CT molecular complexity index is 427. The van der Waals surface area contributed by atoms with Crippen LogP contribution in [0.5, 0.6) is 0 Å². The largest absolute Gasteiger partial charge is 0.376 e. The Kier molecular flexibility index (Phi) is 4.90. The number of nitrogens with one attached hydrogen (secondary N) is 1. The maximum atomic E-state index is 12.4. The summed E-state index contributed by atoms with van der Waals surface area (Å²) < 4.78 is 6.14. The van der Waals surface area contributed by atoms with E-state index in [1.54, 1.807) is 0 Å². The first-order chi connectivity index (χ1) is 11.7. The second-order valence-electron chi connectivity index (χ2n) is 9.28. The third-order valence-electron chi connectivity index (χ3n) is 7.97. The first-order valence-corrected chi connectivity index (χ1v) is 10.5. The highest BCUT2D eigenvalue weighted by Gasteiger charge is 2.57. The van der Waals surface area contributed by atoms with E-state index in [1.807, 2.05) is 7.11 Å². The molecule has 3 heteroatoms. The molecule has 0 aliphatic heterocycles. The molecule has 24 heavy (non-hydrogen) atoms. The van der Waals surface area contributed by atoms with Crippen LogP contribution in [0.1, 0.15) is 77.0 Å².